The Morgan fingerprint density at radius 1 is 1.29 bits per heavy atom. The molecular formula is C18H23N3O3. The summed E-state index contributed by atoms with van der Waals surface area (Å²) < 4.78 is 12.8. The van der Waals surface area contributed by atoms with E-state index in [4.69, 9.17) is 9.47 Å². The highest BCUT2D eigenvalue weighted by molar-refractivity contribution is 5.92. The molecule has 1 aliphatic heterocycles. The number of aryl methyl sites for hydroxylation is 1. The number of hydrogen-bond donors (Lipinski definition) is 0. The number of nitrogens with zero attached hydrogens (tertiary/aromatic N) is 3. The molecule has 0 unspecified atom stereocenters. The van der Waals surface area contributed by atoms with Crippen LogP contribution in [0.5, 0.6) is 11.5 Å². The number of imidazole rings is 1. The zero-order chi connectivity index (χ0) is 16.9. The van der Waals surface area contributed by atoms with Crippen LogP contribution in [0.2, 0.25) is 0 Å². The molecule has 6 nitrogen and oxygen atoms in total. The Hall–Kier alpha value is -2.50. The van der Waals surface area contributed by atoms with Gasteiger partial charge in [-0.05, 0) is 37.1 Å². The van der Waals surface area contributed by atoms with E-state index in [9.17, 15) is 4.79 Å². The fraction of sp³-hybridized carbons (Fsp3) is 0.444. The van der Waals surface area contributed by atoms with Crippen molar-refractivity contribution in [3.8, 4) is 11.5 Å². The van der Waals surface area contributed by atoms with Crippen molar-refractivity contribution in [1.82, 2.24) is 14.5 Å². The normalized spacial score (nSPS) is 17.6. The van der Waals surface area contributed by atoms with Crippen LogP contribution in [-0.4, -0.2) is 47.2 Å². The molecule has 0 N–H and O–H groups in total. The van der Waals surface area contributed by atoms with Crippen LogP contribution in [0.1, 0.15) is 23.3 Å². The lowest BCUT2D eigenvalue weighted by Gasteiger charge is -2.32. The number of methoxy groups -OCH3 is 1. The Morgan fingerprint density at radius 3 is 2.71 bits per heavy atom. The number of benzene rings is 1. The first-order chi connectivity index (χ1) is 11.7. The molecule has 0 radical (unpaired) electrons. The van der Waals surface area contributed by atoms with Crippen LogP contribution in [0, 0.1) is 5.92 Å². The molecule has 1 fully saturated rings. The molecule has 0 saturated carbocycles. The summed E-state index contributed by atoms with van der Waals surface area (Å²) in [7, 11) is 3.51. The molecule has 2 aromatic rings. The summed E-state index contributed by atoms with van der Waals surface area (Å²) in [6.45, 7) is 2.11. The molecule has 1 saturated heterocycles. The number of amides is 1. The van der Waals surface area contributed by atoms with Crippen molar-refractivity contribution < 1.29 is 14.3 Å². The van der Waals surface area contributed by atoms with Crippen molar-refractivity contribution >= 4 is 5.91 Å². The molecule has 2 heterocycles. The lowest BCUT2D eigenvalue weighted by molar-refractivity contribution is 0.0628. The fourth-order valence-electron chi connectivity index (χ4n) is 2.96. The molecule has 1 amide bonds. The molecule has 1 aromatic carbocycles. The van der Waals surface area contributed by atoms with Crippen LogP contribution in [0.15, 0.2) is 36.8 Å². The summed E-state index contributed by atoms with van der Waals surface area (Å²) in [5.74, 6) is 1.98. The van der Waals surface area contributed by atoms with Gasteiger partial charge in [0.25, 0.3) is 5.91 Å². The van der Waals surface area contributed by atoms with Crippen LogP contribution < -0.4 is 9.47 Å². The second-order valence-corrected chi connectivity index (χ2v) is 6.17. The second kappa shape index (κ2) is 7.38. The number of carbonyl (C=O) groups is 1. The van der Waals surface area contributed by atoms with Crippen LogP contribution >= 0.6 is 0 Å². The van der Waals surface area contributed by atoms with Crippen molar-refractivity contribution in [2.24, 2.45) is 13.0 Å². The van der Waals surface area contributed by atoms with Gasteiger partial charge in [-0.1, -0.05) is 0 Å². The number of aromatic nitrogens is 2. The highest BCUT2D eigenvalue weighted by Gasteiger charge is 2.26. The molecule has 3 rings (SSSR count). The van der Waals surface area contributed by atoms with Gasteiger partial charge in [-0.2, -0.15) is 0 Å². The first kappa shape index (κ1) is 16.4. The molecular weight excluding hydrogens is 306 g/mol. The Balaban J connectivity index is 1.54. The Labute approximate surface area is 142 Å². The fourth-order valence-corrected chi connectivity index (χ4v) is 2.96. The van der Waals surface area contributed by atoms with Crippen molar-refractivity contribution in [3.63, 3.8) is 0 Å². The monoisotopic (exact) mass is 329 g/mol. The molecule has 0 aliphatic carbocycles. The van der Waals surface area contributed by atoms with Gasteiger partial charge in [-0.25, -0.2) is 4.98 Å². The molecule has 1 atom stereocenters. The predicted octanol–water partition coefficient (Wildman–Crippen LogP) is 2.36. The van der Waals surface area contributed by atoms with Gasteiger partial charge in [0, 0.05) is 32.3 Å². The number of likely N-dealkylation sites (tertiary alicyclic amines) is 1. The van der Waals surface area contributed by atoms with E-state index in [-0.39, 0.29) is 5.91 Å². The van der Waals surface area contributed by atoms with Gasteiger partial charge in [0.15, 0.2) is 0 Å². The molecule has 1 aliphatic rings. The quantitative estimate of drug-likeness (QED) is 0.845. The molecule has 0 bridgehead atoms. The number of hydrogen-bond acceptors (Lipinski definition) is 4. The number of rotatable bonds is 5. The molecule has 0 spiro atoms. The van der Waals surface area contributed by atoms with E-state index in [0.717, 1.165) is 30.9 Å². The zero-order valence-corrected chi connectivity index (χ0v) is 14.1. The molecule has 6 heteroatoms. The van der Waals surface area contributed by atoms with Gasteiger partial charge in [-0.3, -0.25) is 4.79 Å². The van der Waals surface area contributed by atoms with Crippen molar-refractivity contribution in [2.45, 2.75) is 12.8 Å². The Kier molecular flexibility index (Phi) is 5.03. The molecule has 24 heavy (non-hydrogen) atoms. The highest BCUT2D eigenvalue weighted by atomic mass is 16.5. The van der Waals surface area contributed by atoms with E-state index in [0.29, 0.717) is 24.8 Å². The minimum Gasteiger partial charge on any atom is -0.497 e. The third-order valence-electron chi connectivity index (χ3n) is 4.28. The minimum absolute atomic E-state index is 0.00440. The van der Waals surface area contributed by atoms with Crippen LogP contribution in [0.4, 0.5) is 0 Å². The average Bonchev–Trinajstić information content (AvgIpc) is 3.06. The largest absolute Gasteiger partial charge is 0.497 e. The van der Waals surface area contributed by atoms with Crippen molar-refractivity contribution in [3.05, 3.63) is 42.5 Å². The van der Waals surface area contributed by atoms with Crippen LogP contribution in [0.3, 0.4) is 0 Å². The summed E-state index contributed by atoms with van der Waals surface area (Å²) in [4.78, 5) is 18.5. The maximum Gasteiger partial charge on any atom is 0.274 e. The minimum atomic E-state index is 0.00440. The summed E-state index contributed by atoms with van der Waals surface area (Å²) >= 11 is 0. The van der Waals surface area contributed by atoms with E-state index in [2.05, 4.69) is 4.98 Å². The van der Waals surface area contributed by atoms with Crippen molar-refractivity contribution in [2.75, 3.05) is 26.8 Å². The number of piperidine rings is 1. The maximum absolute atomic E-state index is 12.5. The first-order valence-corrected chi connectivity index (χ1v) is 8.20. The third-order valence-corrected chi connectivity index (χ3v) is 4.28. The standard InChI is InChI=1S/C18H23N3O3/c1-20-11-17(19-13-20)18(22)21-9-3-4-14(10-21)12-24-16-7-5-15(23-2)6-8-16/h5-8,11,13-14H,3-4,9-10,12H2,1-2H3/t14-/m0/s1. The maximum atomic E-state index is 12.5. The molecule has 1 aromatic heterocycles. The second-order valence-electron chi connectivity index (χ2n) is 6.17. The van der Waals surface area contributed by atoms with E-state index in [1.807, 2.05) is 36.2 Å². The molecule has 128 valence electrons. The topological polar surface area (TPSA) is 56.6 Å². The zero-order valence-electron chi connectivity index (χ0n) is 14.1. The predicted molar refractivity (Wildman–Crippen MR) is 90.3 cm³/mol. The summed E-state index contributed by atoms with van der Waals surface area (Å²) in [6.07, 6.45) is 5.48. The summed E-state index contributed by atoms with van der Waals surface area (Å²) in [5.41, 5.74) is 0.509. The highest BCUT2D eigenvalue weighted by Crippen LogP contribution is 2.21. The van der Waals surface area contributed by atoms with Gasteiger partial charge in [-0.15, -0.1) is 0 Å². The summed E-state index contributed by atoms with van der Waals surface area (Å²) in [5, 5.41) is 0. The SMILES string of the molecule is COc1ccc(OC[C@H]2CCCN(C(=O)c3cn(C)cn3)C2)cc1. The van der Waals surface area contributed by atoms with Gasteiger partial charge >= 0.3 is 0 Å². The smallest absolute Gasteiger partial charge is 0.274 e. The van der Waals surface area contributed by atoms with E-state index < -0.39 is 0 Å². The number of ether oxygens (including phenoxy) is 2. The van der Waals surface area contributed by atoms with Gasteiger partial charge in [0.05, 0.1) is 20.0 Å². The van der Waals surface area contributed by atoms with E-state index in [1.165, 1.54) is 0 Å². The summed E-state index contributed by atoms with van der Waals surface area (Å²) in [6, 6.07) is 7.57. The van der Waals surface area contributed by atoms with Crippen LogP contribution in [0.25, 0.3) is 0 Å². The van der Waals surface area contributed by atoms with E-state index in [1.54, 1.807) is 24.2 Å². The van der Waals surface area contributed by atoms with Gasteiger partial charge in [0.1, 0.15) is 17.2 Å². The average molecular weight is 329 g/mol. The van der Waals surface area contributed by atoms with Crippen LogP contribution in [-0.2, 0) is 7.05 Å². The Morgan fingerprint density at radius 2 is 2.04 bits per heavy atom. The van der Waals surface area contributed by atoms with E-state index >= 15 is 0 Å². The van der Waals surface area contributed by atoms with Gasteiger partial charge < -0.3 is 18.9 Å². The lowest BCUT2D eigenvalue weighted by atomic mass is 9.98. The van der Waals surface area contributed by atoms with Gasteiger partial charge in [0.2, 0.25) is 0 Å². The van der Waals surface area contributed by atoms with Crippen molar-refractivity contribution in [1.29, 1.82) is 0 Å². The lowest BCUT2D eigenvalue weighted by Crippen LogP contribution is -2.41. The third kappa shape index (κ3) is 3.88. The number of carbonyl (C=O) groups excluding carboxylic acids is 1. The first-order valence-electron chi connectivity index (χ1n) is 8.20. The Bertz CT molecular complexity index is 681.